The maximum atomic E-state index is 12.6. The van der Waals surface area contributed by atoms with Crippen molar-refractivity contribution < 1.29 is 13.2 Å². The summed E-state index contributed by atoms with van der Waals surface area (Å²) in [6.45, 7) is 1.82. The molecule has 2 aromatic carbocycles. The predicted molar refractivity (Wildman–Crippen MR) is 133 cm³/mol. The molecular formula is C22H19N3O3S4. The van der Waals surface area contributed by atoms with Crippen LogP contribution >= 0.6 is 34.4 Å². The summed E-state index contributed by atoms with van der Waals surface area (Å²) in [5, 5.41) is 7.00. The number of thiophene rings is 1. The van der Waals surface area contributed by atoms with Gasteiger partial charge in [0.15, 0.2) is 5.13 Å². The van der Waals surface area contributed by atoms with Crippen LogP contribution in [0.15, 0.2) is 87.3 Å². The van der Waals surface area contributed by atoms with E-state index in [0.717, 1.165) is 15.5 Å². The van der Waals surface area contributed by atoms with E-state index in [4.69, 9.17) is 0 Å². The number of benzene rings is 2. The van der Waals surface area contributed by atoms with E-state index in [0.29, 0.717) is 10.8 Å². The van der Waals surface area contributed by atoms with Crippen molar-refractivity contribution in [2.45, 2.75) is 22.0 Å². The Labute approximate surface area is 198 Å². The molecule has 0 fully saturated rings. The van der Waals surface area contributed by atoms with Crippen LogP contribution in [0.5, 0.6) is 0 Å². The molecule has 0 aliphatic heterocycles. The molecule has 0 radical (unpaired) electrons. The SMILES string of the molecule is CC(Sc1ccc(NS(=O)(=O)c2ccccc2)cc1)C(=O)Nc1nc(-c2cccs2)cs1. The van der Waals surface area contributed by atoms with Crippen molar-refractivity contribution in [3.63, 3.8) is 0 Å². The molecule has 10 heteroatoms. The van der Waals surface area contributed by atoms with Gasteiger partial charge in [-0.1, -0.05) is 24.3 Å². The summed E-state index contributed by atoms with van der Waals surface area (Å²) in [5.74, 6) is -0.143. The van der Waals surface area contributed by atoms with Gasteiger partial charge in [-0.2, -0.15) is 0 Å². The monoisotopic (exact) mass is 501 g/mol. The number of nitrogens with one attached hydrogen (secondary N) is 2. The lowest BCUT2D eigenvalue weighted by Crippen LogP contribution is -2.22. The van der Waals surface area contributed by atoms with Crippen LogP contribution in [0.4, 0.5) is 10.8 Å². The Kier molecular flexibility index (Phi) is 6.95. The Bertz CT molecular complexity index is 1290. The number of nitrogens with zero attached hydrogens (tertiary/aromatic N) is 1. The van der Waals surface area contributed by atoms with Gasteiger partial charge in [0.25, 0.3) is 10.0 Å². The highest BCUT2D eigenvalue weighted by atomic mass is 32.2. The van der Waals surface area contributed by atoms with Crippen LogP contribution in [0.3, 0.4) is 0 Å². The number of rotatable bonds is 8. The molecule has 6 nitrogen and oxygen atoms in total. The van der Waals surface area contributed by atoms with Crippen LogP contribution in [0, 0.1) is 0 Å². The number of thiazole rings is 1. The second kappa shape index (κ2) is 9.86. The summed E-state index contributed by atoms with van der Waals surface area (Å²) < 4.78 is 27.4. The third-order valence-corrected chi connectivity index (χ3v) is 8.51. The first-order chi connectivity index (χ1) is 15.4. The van der Waals surface area contributed by atoms with E-state index >= 15 is 0 Å². The number of hydrogen-bond acceptors (Lipinski definition) is 7. The van der Waals surface area contributed by atoms with Crippen molar-refractivity contribution in [3.05, 3.63) is 77.5 Å². The number of anilines is 2. The average Bonchev–Trinajstić information content (AvgIpc) is 3.47. The molecule has 0 bridgehead atoms. The smallest absolute Gasteiger partial charge is 0.261 e. The van der Waals surface area contributed by atoms with E-state index in [2.05, 4.69) is 15.0 Å². The zero-order chi connectivity index (χ0) is 22.6. The lowest BCUT2D eigenvalue weighted by atomic mass is 10.3. The topological polar surface area (TPSA) is 88.2 Å². The first-order valence-corrected chi connectivity index (χ1v) is 13.7. The van der Waals surface area contributed by atoms with Gasteiger partial charge in [0.2, 0.25) is 5.91 Å². The van der Waals surface area contributed by atoms with Crippen molar-refractivity contribution in [2.75, 3.05) is 10.0 Å². The minimum atomic E-state index is -3.64. The minimum Gasteiger partial charge on any atom is -0.301 e. The second-order valence-corrected chi connectivity index (χ2v) is 11.6. The van der Waals surface area contributed by atoms with Gasteiger partial charge in [-0.3, -0.25) is 9.52 Å². The Balaban J connectivity index is 1.34. The quantitative estimate of drug-likeness (QED) is 0.298. The molecule has 0 saturated heterocycles. The maximum Gasteiger partial charge on any atom is 0.261 e. The zero-order valence-electron chi connectivity index (χ0n) is 16.9. The first kappa shape index (κ1) is 22.5. The van der Waals surface area contributed by atoms with Crippen LogP contribution in [-0.2, 0) is 14.8 Å². The zero-order valence-corrected chi connectivity index (χ0v) is 20.2. The third kappa shape index (κ3) is 5.57. The standard InChI is InChI=1S/C22H19N3O3S4/c1-15(21(26)24-22-23-19(14-30-22)20-8-5-13-29-20)31-17-11-9-16(10-12-17)25-32(27,28)18-6-3-2-4-7-18/h2-15,25H,1H3,(H,23,24,26). The fourth-order valence-electron chi connectivity index (χ4n) is 2.75. The van der Waals surface area contributed by atoms with E-state index in [1.807, 2.05) is 29.8 Å². The maximum absolute atomic E-state index is 12.6. The van der Waals surface area contributed by atoms with Gasteiger partial charge in [-0.15, -0.1) is 34.4 Å². The summed E-state index contributed by atoms with van der Waals surface area (Å²) in [5.41, 5.74) is 1.31. The normalized spacial score (nSPS) is 12.3. The van der Waals surface area contributed by atoms with E-state index in [9.17, 15) is 13.2 Å². The number of carbonyl (C=O) groups is 1. The number of thioether (sulfide) groups is 1. The van der Waals surface area contributed by atoms with Crippen molar-refractivity contribution in [3.8, 4) is 10.6 Å². The molecule has 1 atom stereocenters. The van der Waals surface area contributed by atoms with Crippen LogP contribution in [-0.4, -0.2) is 24.6 Å². The number of amides is 1. The van der Waals surface area contributed by atoms with Gasteiger partial charge in [0, 0.05) is 16.0 Å². The number of hydrogen-bond donors (Lipinski definition) is 2. The molecule has 4 rings (SSSR count). The summed E-state index contributed by atoms with van der Waals surface area (Å²) in [4.78, 5) is 19.2. The highest BCUT2D eigenvalue weighted by Crippen LogP contribution is 2.30. The van der Waals surface area contributed by atoms with Gasteiger partial charge < -0.3 is 5.32 Å². The van der Waals surface area contributed by atoms with Crippen molar-refractivity contribution in [2.24, 2.45) is 0 Å². The molecule has 0 saturated carbocycles. The predicted octanol–water partition coefficient (Wildman–Crippen LogP) is 5.79. The van der Waals surface area contributed by atoms with Crippen molar-refractivity contribution in [1.29, 1.82) is 0 Å². The molecular weight excluding hydrogens is 483 g/mol. The molecule has 2 aromatic heterocycles. The second-order valence-electron chi connectivity index (χ2n) is 6.71. The van der Waals surface area contributed by atoms with E-state index < -0.39 is 10.0 Å². The lowest BCUT2D eigenvalue weighted by molar-refractivity contribution is -0.115. The highest BCUT2D eigenvalue weighted by Gasteiger charge is 2.17. The van der Waals surface area contributed by atoms with Crippen LogP contribution in [0.1, 0.15) is 6.92 Å². The Morgan fingerprint density at radius 2 is 1.75 bits per heavy atom. The van der Waals surface area contributed by atoms with Gasteiger partial charge in [0.1, 0.15) is 0 Å². The summed E-state index contributed by atoms with van der Waals surface area (Å²) in [6.07, 6.45) is 0. The molecule has 164 valence electrons. The molecule has 0 spiro atoms. The first-order valence-electron chi connectivity index (χ1n) is 9.55. The molecule has 2 N–H and O–H groups in total. The molecule has 0 aliphatic carbocycles. The van der Waals surface area contributed by atoms with Crippen LogP contribution in [0.2, 0.25) is 0 Å². The molecule has 32 heavy (non-hydrogen) atoms. The van der Waals surface area contributed by atoms with Crippen molar-refractivity contribution >= 4 is 61.2 Å². The lowest BCUT2D eigenvalue weighted by Gasteiger charge is -2.12. The molecule has 2 heterocycles. The summed E-state index contributed by atoms with van der Waals surface area (Å²) >= 11 is 4.39. The van der Waals surface area contributed by atoms with Gasteiger partial charge in [-0.05, 0) is 54.8 Å². The Morgan fingerprint density at radius 1 is 1.00 bits per heavy atom. The molecule has 1 unspecified atom stereocenters. The fraction of sp³-hybridized carbons (Fsp3) is 0.0909. The van der Waals surface area contributed by atoms with Gasteiger partial charge in [-0.25, -0.2) is 13.4 Å². The number of carbonyl (C=O) groups excluding carboxylic acids is 1. The van der Waals surface area contributed by atoms with E-state index in [-0.39, 0.29) is 16.1 Å². The van der Waals surface area contributed by atoms with Crippen molar-refractivity contribution in [1.82, 2.24) is 4.98 Å². The molecule has 0 aliphatic rings. The summed E-state index contributed by atoms with van der Waals surface area (Å²) in [6, 6.07) is 19.1. The van der Waals surface area contributed by atoms with Crippen LogP contribution < -0.4 is 10.0 Å². The highest BCUT2D eigenvalue weighted by molar-refractivity contribution is 8.00. The Hall–Kier alpha value is -2.66. The minimum absolute atomic E-state index is 0.143. The largest absolute Gasteiger partial charge is 0.301 e. The molecule has 4 aromatic rings. The van der Waals surface area contributed by atoms with Crippen LogP contribution in [0.25, 0.3) is 10.6 Å². The summed E-state index contributed by atoms with van der Waals surface area (Å²) in [7, 11) is -3.64. The van der Waals surface area contributed by atoms with Gasteiger partial charge in [0.05, 0.1) is 20.7 Å². The fourth-order valence-corrected chi connectivity index (χ4v) is 6.17. The van der Waals surface area contributed by atoms with E-state index in [1.54, 1.807) is 65.9 Å². The number of sulfonamides is 1. The van der Waals surface area contributed by atoms with E-state index in [1.165, 1.54) is 23.1 Å². The molecule has 1 amide bonds. The third-order valence-electron chi connectivity index (χ3n) is 4.35. The average molecular weight is 502 g/mol. The number of aromatic nitrogens is 1. The Morgan fingerprint density at radius 3 is 2.44 bits per heavy atom. The van der Waals surface area contributed by atoms with Gasteiger partial charge >= 0.3 is 0 Å².